The van der Waals surface area contributed by atoms with Gasteiger partial charge in [0, 0.05) is 24.7 Å². The average Bonchev–Trinajstić information content (AvgIpc) is 2.97. The molecule has 126 valence electrons. The molecule has 0 aliphatic heterocycles. The lowest BCUT2D eigenvalue weighted by Gasteiger charge is -2.13. The third kappa shape index (κ3) is 3.76. The summed E-state index contributed by atoms with van der Waals surface area (Å²) in [6.07, 6.45) is -2.43. The quantitative estimate of drug-likeness (QED) is 0.636. The molecular weight excluding hydrogens is 337 g/mol. The highest BCUT2D eigenvalue weighted by Crippen LogP contribution is 2.33. The lowest BCUT2D eigenvalue weighted by atomic mass is 10.2. The third-order valence-electron chi connectivity index (χ3n) is 3.43. The molecule has 0 fully saturated rings. The fraction of sp³-hybridized carbons (Fsp3) is 0.250. The van der Waals surface area contributed by atoms with Crippen LogP contribution in [0.25, 0.3) is 10.1 Å². The van der Waals surface area contributed by atoms with E-state index in [1.165, 1.54) is 23.8 Å². The van der Waals surface area contributed by atoms with Crippen molar-refractivity contribution in [1.29, 1.82) is 0 Å². The van der Waals surface area contributed by atoms with Crippen molar-refractivity contribution in [3.05, 3.63) is 48.2 Å². The zero-order chi connectivity index (χ0) is 17.0. The van der Waals surface area contributed by atoms with E-state index in [-0.39, 0.29) is 5.82 Å². The highest BCUT2D eigenvalue weighted by atomic mass is 32.1. The molecule has 4 nitrogen and oxygen atoms in total. The van der Waals surface area contributed by atoms with Gasteiger partial charge in [-0.25, -0.2) is 4.98 Å². The lowest BCUT2D eigenvalue weighted by Crippen LogP contribution is -2.15. The van der Waals surface area contributed by atoms with Gasteiger partial charge < -0.3 is 10.6 Å². The topological polar surface area (TPSA) is 49.8 Å². The number of hydrogen-bond acceptors (Lipinski definition) is 5. The first-order valence-corrected chi connectivity index (χ1v) is 8.17. The summed E-state index contributed by atoms with van der Waals surface area (Å²) in [5, 5.41) is 7.02. The lowest BCUT2D eigenvalue weighted by molar-refractivity contribution is -0.137. The van der Waals surface area contributed by atoms with Gasteiger partial charge in [0.1, 0.15) is 11.6 Å². The van der Waals surface area contributed by atoms with Crippen molar-refractivity contribution in [1.82, 2.24) is 9.36 Å². The van der Waals surface area contributed by atoms with Gasteiger partial charge in [0.2, 0.25) is 0 Å². The molecule has 3 aromatic rings. The van der Waals surface area contributed by atoms with Gasteiger partial charge in [-0.05, 0) is 42.2 Å². The van der Waals surface area contributed by atoms with Gasteiger partial charge in [-0.2, -0.15) is 17.5 Å². The van der Waals surface area contributed by atoms with Crippen LogP contribution in [0.3, 0.4) is 0 Å². The van der Waals surface area contributed by atoms with Gasteiger partial charge in [0.05, 0.1) is 10.3 Å². The van der Waals surface area contributed by atoms with Gasteiger partial charge >= 0.3 is 6.18 Å². The fourth-order valence-corrected chi connectivity index (χ4v) is 3.05. The van der Waals surface area contributed by atoms with Crippen LogP contribution in [-0.2, 0) is 6.18 Å². The Morgan fingerprint density at radius 2 is 1.71 bits per heavy atom. The number of nitrogens with zero attached hydrogens (tertiary/aromatic N) is 2. The van der Waals surface area contributed by atoms with Crippen LogP contribution >= 0.6 is 11.5 Å². The zero-order valence-electron chi connectivity index (χ0n) is 12.6. The van der Waals surface area contributed by atoms with E-state index >= 15 is 0 Å². The van der Waals surface area contributed by atoms with Gasteiger partial charge in [0.25, 0.3) is 0 Å². The van der Waals surface area contributed by atoms with Crippen LogP contribution in [-0.4, -0.2) is 22.4 Å². The summed E-state index contributed by atoms with van der Waals surface area (Å²) in [6.45, 7) is 0.990. The Kier molecular flexibility index (Phi) is 4.84. The predicted molar refractivity (Wildman–Crippen MR) is 90.5 cm³/mol. The number of rotatable bonds is 6. The van der Waals surface area contributed by atoms with Crippen LogP contribution < -0.4 is 10.6 Å². The van der Waals surface area contributed by atoms with E-state index < -0.39 is 11.7 Å². The first-order valence-electron chi connectivity index (χ1n) is 7.40. The Balaban J connectivity index is 1.51. The Bertz CT molecular complexity index is 816. The van der Waals surface area contributed by atoms with Crippen molar-refractivity contribution >= 4 is 33.3 Å². The molecule has 0 radical (unpaired) electrons. The standard InChI is InChI=1S/C16H15F3N4S/c17-16(18,19)12-6-3-8-21-15(12)22-10-4-9-20-14-11-5-1-2-7-13(11)24-23-14/h1-3,5-8H,4,9-10H2,(H,20,23)(H,21,22). The summed E-state index contributed by atoms with van der Waals surface area (Å²) in [5.41, 5.74) is -0.747. The van der Waals surface area contributed by atoms with E-state index in [9.17, 15) is 13.2 Å². The van der Waals surface area contributed by atoms with E-state index in [0.717, 1.165) is 22.0 Å². The molecule has 0 saturated carbocycles. The van der Waals surface area contributed by atoms with Crippen LogP contribution in [0.2, 0.25) is 0 Å². The molecule has 0 unspecified atom stereocenters. The Morgan fingerprint density at radius 1 is 0.958 bits per heavy atom. The molecule has 0 bridgehead atoms. The number of pyridine rings is 1. The van der Waals surface area contributed by atoms with E-state index in [4.69, 9.17) is 0 Å². The molecule has 0 saturated heterocycles. The number of fused-ring (bicyclic) bond motifs is 1. The smallest absolute Gasteiger partial charge is 0.370 e. The largest absolute Gasteiger partial charge is 0.419 e. The summed E-state index contributed by atoms with van der Waals surface area (Å²) in [5.74, 6) is 0.675. The molecule has 0 atom stereocenters. The molecular formula is C16H15F3N4S. The van der Waals surface area contributed by atoms with Crippen molar-refractivity contribution in [2.75, 3.05) is 23.7 Å². The van der Waals surface area contributed by atoms with Crippen LogP contribution in [0.5, 0.6) is 0 Å². The molecule has 0 spiro atoms. The maximum atomic E-state index is 12.9. The highest BCUT2D eigenvalue weighted by Gasteiger charge is 2.33. The van der Waals surface area contributed by atoms with Gasteiger partial charge in [-0.1, -0.05) is 12.1 Å². The Morgan fingerprint density at radius 3 is 2.50 bits per heavy atom. The fourth-order valence-electron chi connectivity index (χ4n) is 2.29. The highest BCUT2D eigenvalue weighted by molar-refractivity contribution is 7.13. The summed E-state index contributed by atoms with van der Waals surface area (Å²) in [6, 6.07) is 10.2. The van der Waals surface area contributed by atoms with Gasteiger partial charge in [0.15, 0.2) is 0 Å². The van der Waals surface area contributed by atoms with Gasteiger partial charge in [-0.3, -0.25) is 0 Å². The maximum Gasteiger partial charge on any atom is 0.419 e. The summed E-state index contributed by atoms with van der Waals surface area (Å²) < 4.78 is 44.0. The minimum Gasteiger partial charge on any atom is -0.370 e. The second-order valence-electron chi connectivity index (χ2n) is 5.13. The van der Waals surface area contributed by atoms with Crippen LogP contribution in [0.1, 0.15) is 12.0 Å². The van der Waals surface area contributed by atoms with Crippen LogP contribution in [0.4, 0.5) is 24.8 Å². The molecule has 24 heavy (non-hydrogen) atoms. The number of nitrogens with one attached hydrogen (secondary N) is 2. The van der Waals surface area contributed by atoms with Crippen LogP contribution in [0.15, 0.2) is 42.6 Å². The Hall–Kier alpha value is -2.35. The van der Waals surface area contributed by atoms with Gasteiger partial charge in [-0.15, -0.1) is 0 Å². The number of hydrogen-bond donors (Lipinski definition) is 2. The zero-order valence-corrected chi connectivity index (χ0v) is 13.4. The molecule has 2 heterocycles. The molecule has 3 rings (SSSR count). The number of alkyl halides is 3. The van der Waals surface area contributed by atoms with Crippen LogP contribution in [0, 0.1) is 0 Å². The predicted octanol–water partition coefficient (Wildman–Crippen LogP) is 4.62. The summed E-state index contributed by atoms with van der Waals surface area (Å²) in [7, 11) is 0. The molecule has 1 aromatic carbocycles. The van der Waals surface area contributed by atoms with E-state index in [1.54, 1.807) is 0 Å². The van der Waals surface area contributed by atoms with E-state index in [1.807, 2.05) is 24.3 Å². The average molecular weight is 352 g/mol. The second-order valence-corrected chi connectivity index (χ2v) is 5.94. The maximum absolute atomic E-state index is 12.9. The van der Waals surface area contributed by atoms with Crippen molar-refractivity contribution in [2.24, 2.45) is 0 Å². The number of anilines is 2. The number of halogens is 3. The first kappa shape index (κ1) is 16.5. The molecule has 0 aliphatic rings. The normalized spacial score (nSPS) is 11.6. The molecule has 2 N–H and O–H groups in total. The monoisotopic (exact) mass is 352 g/mol. The van der Waals surface area contributed by atoms with Crippen molar-refractivity contribution in [3.8, 4) is 0 Å². The van der Waals surface area contributed by atoms with Crippen molar-refractivity contribution in [3.63, 3.8) is 0 Å². The number of benzene rings is 1. The first-order chi connectivity index (χ1) is 11.6. The van der Waals surface area contributed by atoms with E-state index in [0.29, 0.717) is 19.5 Å². The van der Waals surface area contributed by atoms with Crippen molar-refractivity contribution < 1.29 is 13.2 Å². The second kappa shape index (κ2) is 7.04. The summed E-state index contributed by atoms with van der Waals surface area (Å²) >= 11 is 1.42. The van der Waals surface area contributed by atoms with Crippen molar-refractivity contribution in [2.45, 2.75) is 12.6 Å². The molecule has 2 aromatic heterocycles. The number of aromatic nitrogens is 2. The SMILES string of the molecule is FC(F)(F)c1cccnc1NCCCNc1nsc2ccccc12. The molecule has 8 heteroatoms. The Labute approximate surface area is 140 Å². The minimum atomic E-state index is -4.41. The minimum absolute atomic E-state index is 0.135. The third-order valence-corrected chi connectivity index (χ3v) is 4.26. The summed E-state index contributed by atoms with van der Waals surface area (Å²) in [4.78, 5) is 3.77. The molecule has 0 amide bonds. The van der Waals surface area contributed by atoms with E-state index in [2.05, 4.69) is 20.0 Å². The molecule has 0 aliphatic carbocycles.